The molecule has 2 N–H and O–H groups in total. The molecule has 27 heavy (non-hydrogen) atoms. The van der Waals surface area contributed by atoms with Crippen LogP contribution in [0.3, 0.4) is 0 Å². The molecule has 0 saturated heterocycles. The predicted molar refractivity (Wildman–Crippen MR) is 106 cm³/mol. The Kier molecular flexibility index (Phi) is 4.53. The molecule has 2 aromatic heterocycles. The average Bonchev–Trinajstić information content (AvgIpc) is 2.71. The molecule has 0 aliphatic heterocycles. The molecule has 2 aromatic carbocycles. The number of aromatic amines is 1. The Labute approximate surface area is 155 Å². The molecule has 0 atom stereocenters. The minimum atomic E-state index is -0.209. The molecule has 0 unspecified atom stereocenters. The number of hydrogen-bond donors (Lipinski definition) is 2. The van der Waals surface area contributed by atoms with Crippen molar-refractivity contribution in [3.8, 4) is 17.0 Å². The third-order valence-corrected chi connectivity index (χ3v) is 4.23. The Morgan fingerprint density at radius 2 is 2.00 bits per heavy atom. The summed E-state index contributed by atoms with van der Waals surface area (Å²) in [6, 6.07) is 18.9. The van der Waals surface area contributed by atoms with E-state index in [1.54, 1.807) is 13.3 Å². The van der Waals surface area contributed by atoms with Crippen LogP contribution in [-0.4, -0.2) is 22.1 Å². The fraction of sp³-hybridized carbons (Fsp3) is 0.0952. The lowest BCUT2D eigenvalue weighted by atomic mass is 10.1. The summed E-state index contributed by atoms with van der Waals surface area (Å²) < 4.78 is 5.23. The minimum Gasteiger partial charge on any atom is -0.497 e. The fourth-order valence-corrected chi connectivity index (χ4v) is 2.89. The molecule has 4 aromatic rings. The highest BCUT2D eigenvalue weighted by atomic mass is 16.5. The van der Waals surface area contributed by atoms with Gasteiger partial charge in [0.25, 0.3) is 5.56 Å². The molecule has 0 aliphatic rings. The summed E-state index contributed by atoms with van der Waals surface area (Å²) in [7, 11) is 1.63. The number of aromatic nitrogens is 3. The zero-order valence-corrected chi connectivity index (χ0v) is 14.8. The van der Waals surface area contributed by atoms with E-state index in [2.05, 4.69) is 20.3 Å². The van der Waals surface area contributed by atoms with Gasteiger partial charge < -0.3 is 10.1 Å². The van der Waals surface area contributed by atoms with E-state index in [4.69, 9.17) is 4.74 Å². The molecule has 6 nitrogen and oxygen atoms in total. The van der Waals surface area contributed by atoms with Crippen LogP contribution in [0.1, 0.15) is 5.56 Å². The van der Waals surface area contributed by atoms with Crippen LogP contribution < -0.4 is 15.6 Å². The summed E-state index contributed by atoms with van der Waals surface area (Å²) in [6.07, 6.45) is 1.76. The normalized spacial score (nSPS) is 10.7. The molecule has 2 heterocycles. The van der Waals surface area contributed by atoms with Gasteiger partial charge in [0.1, 0.15) is 5.75 Å². The first-order valence-electron chi connectivity index (χ1n) is 8.54. The van der Waals surface area contributed by atoms with Crippen LogP contribution in [0.4, 0.5) is 5.95 Å². The molecule has 0 spiro atoms. The van der Waals surface area contributed by atoms with Crippen LogP contribution in [0.15, 0.2) is 71.7 Å². The summed E-state index contributed by atoms with van der Waals surface area (Å²) in [5.41, 5.74) is 3.20. The molecule has 4 rings (SSSR count). The number of benzene rings is 2. The molecule has 0 fully saturated rings. The van der Waals surface area contributed by atoms with Gasteiger partial charge in [-0.05, 0) is 35.9 Å². The molecule has 134 valence electrons. The first-order valence-corrected chi connectivity index (χ1v) is 8.54. The van der Waals surface area contributed by atoms with Crippen molar-refractivity contribution >= 4 is 16.9 Å². The molecule has 0 aliphatic carbocycles. The fourth-order valence-electron chi connectivity index (χ4n) is 2.89. The van der Waals surface area contributed by atoms with E-state index in [0.29, 0.717) is 18.2 Å². The largest absolute Gasteiger partial charge is 0.497 e. The zero-order valence-electron chi connectivity index (χ0n) is 14.8. The Morgan fingerprint density at radius 1 is 1.07 bits per heavy atom. The Bertz CT molecular complexity index is 1150. The van der Waals surface area contributed by atoms with Gasteiger partial charge in [-0.1, -0.05) is 24.3 Å². The molecular weight excluding hydrogens is 340 g/mol. The van der Waals surface area contributed by atoms with Gasteiger partial charge in [0, 0.05) is 29.8 Å². The van der Waals surface area contributed by atoms with Crippen molar-refractivity contribution in [2.75, 3.05) is 12.4 Å². The van der Waals surface area contributed by atoms with Crippen molar-refractivity contribution < 1.29 is 4.74 Å². The zero-order chi connectivity index (χ0) is 18.6. The van der Waals surface area contributed by atoms with E-state index >= 15 is 0 Å². The highest BCUT2D eigenvalue weighted by Crippen LogP contribution is 2.22. The number of methoxy groups -OCH3 is 1. The third-order valence-electron chi connectivity index (χ3n) is 4.23. The predicted octanol–water partition coefficient (Wildman–Crippen LogP) is 3.61. The van der Waals surface area contributed by atoms with Crippen molar-refractivity contribution in [3.05, 3.63) is 82.8 Å². The van der Waals surface area contributed by atoms with Gasteiger partial charge in [-0.2, -0.15) is 0 Å². The second-order valence-electron chi connectivity index (χ2n) is 6.10. The second kappa shape index (κ2) is 7.29. The summed E-state index contributed by atoms with van der Waals surface area (Å²) in [5, 5.41) is 4.17. The van der Waals surface area contributed by atoms with Gasteiger partial charge in [-0.25, -0.2) is 4.98 Å². The van der Waals surface area contributed by atoms with Gasteiger partial charge >= 0.3 is 0 Å². The van der Waals surface area contributed by atoms with Crippen LogP contribution in [0, 0.1) is 0 Å². The lowest BCUT2D eigenvalue weighted by molar-refractivity contribution is 0.414. The molecule has 0 saturated carbocycles. The lowest BCUT2D eigenvalue weighted by Gasteiger charge is -2.09. The van der Waals surface area contributed by atoms with E-state index in [-0.39, 0.29) is 5.56 Å². The molecular formula is C21H18N4O2. The van der Waals surface area contributed by atoms with Gasteiger partial charge in [0.05, 0.1) is 18.3 Å². The summed E-state index contributed by atoms with van der Waals surface area (Å²) >= 11 is 0. The minimum absolute atomic E-state index is 0.209. The van der Waals surface area contributed by atoms with E-state index in [9.17, 15) is 4.79 Å². The van der Waals surface area contributed by atoms with Crippen molar-refractivity contribution in [2.24, 2.45) is 0 Å². The average molecular weight is 358 g/mol. The van der Waals surface area contributed by atoms with Crippen molar-refractivity contribution in [3.63, 3.8) is 0 Å². The maximum absolute atomic E-state index is 12.1. The number of H-pyrrole nitrogens is 1. The van der Waals surface area contributed by atoms with Crippen LogP contribution >= 0.6 is 0 Å². The van der Waals surface area contributed by atoms with E-state index in [0.717, 1.165) is 27.8 Å². The van der Waals surface area contributed by atoms with Crippen LogP contribution in [0.5, 0.6) is 5.75 Å². The third kappa shape index (κ3) is 3.79. The maximum atomic E-state index is 12.1. The Morgan fingerprint density at radius 3 is 2.89 bits per heavy atom. The van der Waals surface area contributed by atoms with E-state index < -0.39 is 0 Å². The van der Waals surface area contributed by atoms with Gasteiger partial charge in [-0.3, -0.25) is 14.8 Å². The number of anilines is 1. The number of nitrogens with one attached hydrogen (secondary N) is 2. The molecule has 0 bridgehead atoms. The molecule has 0 amide bonds. The highest BCUT2D eigenvalue weighted by molar-refractivity contribution is 5.83. The van der Waals surface area contributed by atoms with E-state index in [1.165, 1.54) is 6.07 Å². The summed E-state index contributed by atoms with van der Waals surface area (Å²) in [6.45, 7) is 0.519. The maximum Gasteiger partial charge on any atom is 0.252 e. The number of fused-ring (bicyclic) bond motifs is 1. The standard InChI is InChI=1S/C21H18N4O2/c1-27-17-6-2-4-14(10-17)13-23-21-24-19(12-20(26)25-21)16-7-8-18-15(11-16)5-3-9-22-18/h2-12H,13H2,1H3,(H2,23,24,25,26). The number of pyridine rings is 1. The smallest absolute Gasteiger partial charge is 0.252 e. The first-order chi connectivity index (χ1) is 13.2. The highest BCUT2D eigenvalue weighted by Gasteiger charge is 2.06. The SMILES string of the molecule is COc1cccc(CNc2nc(-c3ccc4ncccc4c3)cc(=O)[nH]2)c1. The first kappa shape index (κ1) is 16.8. The Balaban J connectivity index is 1.61. The van der Waals surface area contributed by atoms with Crippen LogP contribution in [0.25, 0.3) is 22.2 Å². The summed E-state index contributed by atoms with van der Waals surface area (Å²) in [5.74, 6) is 1.21. The van der Waals surface area contributed by atoms with Gasteiger partial charge in [0.15, 0.2) is 0 Å². The van der Waals surface area contributed by atoms with Crippen LogP contribution in [-0.2, 0) is 6.54 Å². The van der Waals surface area contributed by atoms with Gasteiger partial charge in [0.2, 0.25) is 5.95 Å². The van der Waals surface area contributed by atoms with Gasteiger partial charge in [-0.15, -0.1) is 0 Å². The molecule has 6 heteroatoms. The number of nitrogens with zero attached hydrogens (tertiary/aromatic N) is 2. The number of hydrogen-bond acceptors (Lipinski definition) is 5. The quantitative estimate of drug-likeness (QED) is 0.570. The van der Waals surface area contributed by atoms with Crippen molar-refractivity contribution in [2.45, 2.75) is 6.54 Å². The topological polar surface area (TPSA) is 79.9 Å². The Hall–Kier alpha value is -3.67. The van der Waals surface area contributed by atoms with Crippen LogP contribution in [0.2, 0.25) is 0 Å². The van der Waals surface area contributed by atoms with Crippen molar-refractivity contribution in [1.29, 1.82) is 0 Å². The van der Waals surface area contributed by atoms with E-state index in [1.807, 2.05) is 54.6 Å². The molecule has 0 radical (unpaired) electrons. The summed E-state index contributed by atoms with van der Waals surface area (Å²) in [4.78, 5) is 23.7. The number of rotatable bonds is 5. The lowest BCUT2D eigenvalue weighted by Crippen LogP contribution is -2.12. The second-order valence-corrected chi connectivity index (χ2v) is 6.10. The number of ether oxygens (including phenoxy) is 1. The van der Waals surface area contributed by atoms with Crippen molar-refractivity contribution in [1.82, 2.24) is 15.0 Å². The monoisotopic (exact) mass is 358 g/mol.